The van der Waals surface area contributed by atoms with Crippen molar-refractivity contribution < 1.29 is 19.8 Å². The van der Waals surface area contributed by atoms with Crippen LogP contribution >= 0.6 is 0 Å². The van der Waals surface area contributed by atoms with Crippen LogP contribution in [0.3, 0.4) is 0 Å². The number of carbonyl (C=O) groups is 2. The second-order valence-corrected chi connectivity index (χ2v) is 4.79. The molecule has 1 atom stereocenters. The summed E-state index contributed by atoms with van der Waals surface area (Å²) < 4.78 is 1.76. The number of nitrogens with zero attached hydrogens (tertiary/aromatic N) is 2. The molecule has 2 aromatic rings. The van der Waals surface area contributed by atoms with Crippen molar-refractivity contribution in [3.8, 4) is 0 Å². The van der Waals surface area contributed by atoms with Crippen molar-refractivity contribution in [1.29, 1.82) is 0 Å². The van der Waals surface area contributed by atoms with E-state index in [1.165, 1.54) is 0 Å². The highest BCUT2D eigenvalue weighted by atomic mass is 16.4. The Kier molecular flexibility index (Phi) is 4.13. The maximum Gasteiger partial charge on any atom is 0.412 e. The molecule has 0 radical (unpaired) electrons. The number of carboxylic acid groups (broad SMARTS) is 2. The van der Waals surface area contributed by atoms with Crippen LogP contribution in [0.4, 0.5) is 10.6 Å². The van der Waals surface area contributed by atoms with Crippen molar-refractivity contribution in [3.05, 3.63) is 30.3 Å². The minimum Gasteiger partial charge on any atom is -0.480 e. The summed E-state index contributed by atoms with van der Waals surface area (Å²) in [5.41, 5.74) is 6.33. The molecule has 7 nitrogen and oxygen atoms in total. The molecule has 1 amide bonds. The molecule has 7 heteroatoms. The molecule has 4 N–H and O–H groups in total. The van der Waals surface area contributed by atoms with Crippen molar-refractivity contribution in [2.75, 3.05) is 11.4 Å². The van der Waals surface area contributed by atoms with E-state index in [2.05, 4.69) is 0 Å². The predicted molar refractivity (Wildman–Crippen MR) is 78.5 cm³/mol. The summed E-state index contributed by atoms with van der Waals surface area (Å²) in [6.45, 7) is 0.0208. The standard InChI is InChI=1S/C14H17N3O4/c1-16-11-5-3-2-4-9(11)8-12(16)17(14(20)21)7-6-10(15)13(18)19/h2-5,8,10H,6-7,15H2,1H3,(H,18,19)(H,20,21)/t10-/m0/s1. The van der Waals surface area contributed by atoms with Gasteiger partial charge >= 0.3 is 12.1 Å². The zero-order chi connectivity index (χ0) is 15.6. The molecule has 1 aromatic heterocycles. The Hall–Kier alpha value is -2.54. The third-order valence-electron chi connectivity index (χ3n) is 3.41. The van der Waals surface area contributed by atoms with Crippen LogP contribution in [0.25, 0.3) is 10.9 Å². The van der Waals surface area contributed by atoms with Gasteiger partial charge in [-0.15, -0.1) is 0 Å². The fourth-order valence-corrected chi connectivity index (χ4v) is 2.23. The van der Waals surface area contributed by atoms with Crippen LogP contribution in [0.2, 0.25) is 0 Å². The number of aryl methyl sites for hydroxylation is 1. The van der Waals surface area contributed by atoms with Crippen LogP contribution in [0.5, 0.6) is 0 Å². The number of anilines is 1. The van der Waals surface area contributed by atoms with Crippen molar-refractivity contribution in [3.63, 3.8) is 0 Å². The lowest BCUT2D eigenvalue weighted by Crippen LogP contribution is -2.38. The molecule has 2 rings (SSSR count). The fraction of sp³-hybridized carbons (Fsp3) is 0.286. The van der Waals surface area contributed by atoms with Crippen molar-refractivity contribution in [2.45, 2.75) is 12.5 Å². The van der Waals surface area contributed by atoms with Crippen molar-refractivity contribution in [1.82, 2.24) is 4.57 Å². The van der Waals surface area contributed by atoms with E-state index in [0.29, 0.717) is 5.82 Å². The van der Waals surface area contributed by atoms with Gasteiger partial charge in [0, 0.05) is 24.5 Å². The van der Waals surface area contributed by atoms with Gasteiger partial charge in [0.25, 0.3) is 0 Å². The Labute approximate surface area is 121 Å². The van der Waals surface area contributed by atoms with Crippen molar-refractivity contribution >= 4 is 28.8 Å². The minimum absolute atomic E-state index is 0.0208. The highest BCUT2D eigenvalue weighted by Gasteiger charge is 2.21. The molecule has 0 aliphatic heterocycles. The number of aliphatic carboxylic acids is 1. The highest BCUT2D eigenvalue weighted by molar-refractivity contribution is 5.92. The second kappa shape index (κ2) is 5.84. The van der Waals surface area contributed by atoms with Crippen LogP contribution < -0.4 is 10.6 Å². The highest BCUT2D eigenvalue weighted by Crippen LogP contribution is 2.25. The van der Waals surface area contributed by atoms with Gasteiger partial charge in [-0.25, -0.2) is 4.79 Å². The summed E-state index contributed by atoms with van der Waals surface area (Å²) in [6, 6.07) is 8.20. The third kappa shape index (κ3) is 2.97. The zero-order valence-corrected chi connectivity index (χ0v) is 11.6. The molecular weight excluding hydrogens is 274 g/mol. The van der Waals surface area contributed by atoms with Gasteiger partial charge in [-0.1, -0.05) is 18.2 Å². The van der Waals surface area contributed by atoms with Gasteiger partial charge < -0.3 is 20.5 Å². The Morgan fingerprint density at radius 2 is 2.00 bits per heavy atom. The predicted octanol–water partition coefficient (Wildman–Crippen LogP) is 1.46. The van der Waals surface area contributed by atoms with Crippen LogP contribution in [0.1, 0.15) is 6.42 Å². The first-order chi connectivity index (χ1) is 9.91. The lowest BCUT2D eigenvalue weighted by atomic mass is 10.2. The monoisotopic (exact) mass is 291 g/mol. The van der Waals surface area contributed by atoms with Gasteiger partial charge in [0.15, 0.2) is 0 Å². The Balaban J connectivity index is 2.30. The molecule has 0 bridgehead atoms. The normalized spacial score (nSPS) is 12.3. The van der Waals surface area contributed by atoms with Gasteiger partial charge in [0.1, 0.15) is 11.9 Å². The molecule has 0 unspecified atom stereocenters. The topological polar surface area (TPSA) is 109 Å². The lowest BCUT2D eigenvalue weighted by Gasteiger charge is -2.20. The summed E-state index contributed by atoms with van der Waals surface area (Å²) in [7, 11) is 1.77. The van der Waals surface area contributed by atoms with Gasteiger partial charge in [0.2, 0.25) is 0 Å². The molecule has 0 saturated carbocycles. The first kappa shape index (κ1) is 14.9. The maximum atomic E-state index is 11.4. The number of nitrogens with two attached hydrogens (primary N) is 1. The van der Waals surface area contributed by atoms with E-state index in [9.17, 15) is 14.7 Å². The first-order valence-corrected chi connectivity index (χ1v) is 6.45. The number of rotatable bonds is 5. The minimum atomic E-state index is -1.14. The summed E-state index contributed by atoms with van der Waals surface area (Å²) in [6.07, 6.45) is -1.10. The summed E-state index contributed by atoms with van der Waals surface area (Å²) in [5, 5.41) is 19.0. The molecule has 21 heavy (non-hydrogen) atoms. The Morgan fingerprint density at radius 1 is 1.33 bits per heavy atom. The van der Waals surface area contributed by atoms with E-state index in [1.807, 2.05) is 24.3 Å². The number of fused-ring (bicyclic) bond motifs is 1. The van der Waals surface area contributed by atoms with Crippen LogP contribution in [-0.4, -0.2) is 39.4 Å². The number of aromatic nitrogens is 1. The summed E-state index contributed by atoms with van der Waals surface area (Å²) in [5.74, 6) is -0.654. The van der Waals surface area contributed by atoms with E-state index in [0.717, 1.165) is 15.8 Å². The van der Waals surface area contributed by atoms with Gasteiger partial charge in [0.05, 0.1) is 0 Å². The van der Waals surface area contributed by atoms with Gasteiger partial charge in [-0.2, -0.15) is 0 Å². The fourth-order valence-electron chi connectivity index (χ4n) is 2.23. The molecule has 1 aromatic carbocycles. The van der Waals surface area contributed by atoms with E-state index in [4.69, 9.17) is 10.8 Å². The SMILES string of the molecule is Cn1c(N(CC[C@H](N)C(=O)O)C(=O)O)cc2ccccc21. The second-order valence-electron chi connectivity index (χ2n) is 4.79. The maximum absolute atomic E-state index is 11.4. The number of para-hydroxylation sites is 1. The first-order valence-electron chi connectivity index (χ1n) is 6.45. The molecule has 1 heterocycles. The van der Waals surface area contributed by atoms with Crippen LogP contribution in [0.15, 0.2) is 30.3 Å². The zero-order valence-electron chi connectivity index (χ0n) is 11.6. The molecule has 0 spiro atoms. The molecule has 0 aliphatic carbocycles. The average molecular weight is 291 g/mol. The molecule has 112 valence electrons. The molecule has 0 aliphatic rings. The third-order valence-corrected chi connectivity index (χ3v) is 3.41. The van der Waals surface area contributed by atoms with Gasteiger partial charge in [-0.3, -0.25) is 9.69 Å². The van der Waals surface area contributed by atoms with Crippen molar-refractivity contribution in [2.24, 2.45) is 12.8 Å². The van der Waals surface area contributed by atoms with E-state index in [-0.39, 0.29) is 13.0 Å². The molecule has 0 fully saturated rings. The smallest absolute Gasteiger partial charge is 0.412 e. The quantitative estimate of drug-likeness (QED) is 0.772. The average Bonchev–Trinajstić information content (AvgIpc) is 2.76. The number of benzene rings is 1. The van der Waals surface area contributed by atoms with E-state index >= 15 is 0 Å². The molecular formula is C14H17N3O4. The largest absolute Gasteiger partial charge is 0.480 e. The Morgan fingerprint density at radius 3 is 2.57 bits per heavy atom. The number of hydrogen-bond donors (Lipinski definition) is 3. The lowest BCUT2D eigenvalue weighted by molar-refractivity contribution is -0.138. The number of amides is 1. The van der Waals surface area contributed by atoms with Gasteiger partial charge in [-0.05, 0) is 18.6 Å². The van der Waals surface area contributed by atoms with E-state index < -0.39 is 18.1 Å². The van der Waals surface area contributed by atoms with Crippen LogP contribution in [0, 0.1) is 0 Å². The number of carboxylic acids is 1. The van der Waals surface area contributed by atoms with Crippen LogP contribution in [-0.2, 0) is 11.8 Å². The molecule has 0 saturated heterocycles. The Bertz CT molecular complexity index is 680. The summed E-state index contributed by atoms with van der Waals surface area (Å²) in [4.78, 5) is 23.3. The summed E-state index contributed by atoms with van der Waals surface area (Å²) >= 11 is 0. The van der Waals surface area contributed by atoms with E-state index in [1.54, 1.807) is 17.7 Å². The number of hydrogen-bond acceptors (Lipinski definition) is 3.